The smallest absolute Gasteiger partial charge is 0.119 e. The lowest BCUT2D eigenvalue weighted by molar-refractivity contribution is 0.0264. The van der Waals surface area contributed by atoms with E-state index in [1.54, 1.807) is 0 Å². The fourth-order valence-electron chi connectivity index (χ4n) is 2.22. The van der Waals surface area contributed by atoms with Crippen LogP contribution >= 0.6 is 0 Å². The van der Waals surface area contributed by atoms with E-state index in [1.807, 2.05) is 12.1 Å². The van der Waals surface area contributed by atoms with Crippen molar-refractivity contribution in [2.24, 2.45) is 0 Å². The summed E-state index contributed by atoms with van der Waals surface area (Å²) in [5.74, 6) is 0.927. The Labute approximate surface area is 116 Å². The molecule has 1 aromatic rings. The summed E-state index contributed by atoms with van der Waals surface area (Å²) in [6.07, 6.45) is 2.90. The Kier molecular flexibility index (Phi) is 5.23. The van der Waals surface area contributed by atoms with Crippen LogP contribution in [0.2, 0.25) is 0 Å². The summed E-state index contributed by atoms with van der Waals surface area (Å²) in [4.78, 5) is 0. The van der Waals surface area contributed by atoms with Crippen molar-refractivity contribution in [2.45, 2.75) is 58.4 Å². The third-order valence-electron chi connectivity index (χ3n) is 3.39. The molecule has 0 saturated carbocycles. The first-order valence-corrected chi connectivity index (χ1v) is 7.24. The second-order valence-corrected chi connectivity index (χ2v) is 5.64. The van der Waals surface area contributed by atoms with E-state index in [9.17, 15) is 0 Å². The first kappa shape index (κ1) is 14.4. The van der Waals surface area contributed by atoms with E-state index in [0.29, 0.717) is 18.8 Å². The molecule has 1 N–H and O–H groups in total. The second kappa shape index (κ2) is 6.92. The average Bonchev–Trinajstić information content (AvgIpc) is 2.81. The van der Waals surface area contributed by atoms with Crippen molar-refractivity contribution in [1.82, 2.24) is 5.32 Å². The van der Waals surface area contributed by atoms with Gasteiger partial charge in [0, 0.05) is 12.6 Å². The molecule has 19 heavy (non-hydrogen) atoms. The highest BCUT2D eigenvalue weighted by Crippen LogP contribution is 2.20. The van der Waals surface area contributed by atoms with Crippen LogP contribution in [-0.4, -0.2) is 24.9 Å². The minimum Gasteiger partial charge on any atom is -0.491 e. The van der Waals surface area contributed by atoms with Crippen LogP contribution in [0.3, 0.4) is 0 Å². The topological polar surface area (TPSA) is 30.5 Å². The van der Waals surface area contributed by atoms with Crippen molar-refractivity contribution in [3.8, 4) is 5.75 Å². The van der Waals surface area contributed by atoms with Crippen LogP contribution in [0.5, 0.6) is 5.75 Å². The van der Waals surface area contributed by atoms with Crippen LogP contribution in [0.1, 0.15) is 39.2 Å². The quantitative estimate of drug-likeness (QED) is 0.855. The SMILES string of the molecule is CC(C)NCc1ccc(OCC2CCC(C)O2)cc1. The van der Waals surface area contributed by atoms with Gasteiger partial charge in [-0.2, -0.15) is 0 Å². The number of hydrogen-bond acceptors (Lipinski definition) is 3. The maximum Gasteiger partial charge on any atom is 0.119 e. The van der Waals surface area contributed by atoms with Gasteiger partial charge >= 0.3 is 0 Å². The maximum atomic E-state index is 5.77. The van der Waals surface area contributed by atoms with E-state index in [0.717, 1.165) is 25.1 Å². The summed E-state index contributed by atoms with van der Waals surface area (Å²) in [5, 5.41) is 3.40. The summed E-state index contributed by atoms with van der Waals surface area (Å²) >= 11 is 0. The minimum atomic E-state index is 0.261. The van der Waals surface area contributed by atoms with Gasteiger partial charge in [0.1, 0.15) is 12.4 Å². The molecule has 0 aromatic heterocycles. The van der Waals surface area contributed by atoms with E-state index >= 15 is 0 Å². The summed E-state index contributed by atoms with van der Waals surface area (Å²) in [6.45, 7) is 7.99. The molecule has 1 aromatic carbocycles. The minimum absolute atomic E-state index is 0.261. The third-order valence-corrected chi connectivity index (χ3v) is 3.39. The van der Waals surface area contributed by atoms with Crippen LogP contribution in [-0.2, 0) is 11.3 Å². The van der Waals surface area contributed by atoms with Crippen molar-refractivity contribution < 1.29 is 9.47 Å². The van der Waals surface area contributed by atoms with Gasteiger partial charge in [0.05, 0.1) is 12.2 Å². The van der Waals surface area contributed by atoms with Crippen molar-refractivity contribution in [1.29, 1.82) is 0 Å². The molecule has 1 heterocycles. The number of nitrogens with one attached hydrogen (secondary N) is 1. The monoisotopic (exact) mass is 263 g/mol. The number of ether oxygens (including phenoxy) is 2. The van der Waals surface area contributed by atoms with Gasteiger partial charge in [0.25, 0.3) is 0 Å². The molecule has 2 unspecified atom stereocenters. The predicted molar refractivity (Wildman–Crippen MR) is 77.5 cm³/mol. The molecule has 1 fully saturated rings. The Bertz CT molecular complexity index is 375. The van der Waals surface area contributed by atoms with Gasteiger partial charge in [-0.05, 0) is 37.5 Å². The van der Waals surface area contributed by atoms with E-state index in [1.165, 1.54) is 5.56 Å². The fraction of sp³-hybridized carbons (Fsp3) is 0.625. The van der Waals surface area contributed by atoms with E-state index in [-0.39, 0.29) is 6.10 Å². The molecule has 0 spiro atoms. The second-order valence-electron chi connectivity index (χ2n) is 5.64. The Balaban J connectivity index is 1.75. The Morgan fingerprint density at radius 1 is 1.26 bits per heavy atom. The number of rotatable bonds is 6. The standard InChI is InChI=1S/C16H25NO2/c1-12(2)17-10-14-5-8-15(9-6-14)18-11-16-7-4-13(3)19-16/h5-6,8-9,12-13,16-17H,4,7,10-11H2,1-3H3. The number of hydrogen-bond donors (Lipinski definition) is 1. The highest BCUT2D eigenvalue weighted by Gasteiger charge is 2.22. The van der Waals surface area contributed by atoms with E-state index < -0.39 is 0 Å². The van der Waals surface area contributed by atoms with Gasteiger partial charge < -0.3 is 14.8 Å². The molecule has 2 rings (SSSR count). The zero-order valence-electron chi connectivity index (χ0n) is 12.2. The largest absolute Gasteiger partial charge is 0.491 e. The van der Waals surface area contributed by atoms with Gasteiger partial charge in [0.15, 0.2) is 0 Å². The highest BCUT2D eigenvalue weighted by molar-refractivity contribution is 5.27. The zero-order valence-corrected chi connectivity index (χ0v) is 12.2. The van der Waals surface area contributed by atoms with E-state index in [2.05, 4.69) is 38.2 Å². The van der Waals surface area contributed by atoms with Gasteiger partial charge in [-0.3, -0.25) is 0 Å². The molecule has 106 valence electrons. The van der Waals surface area contributed by atoms with Crippen molar-refractivity contribution in [3.63, 3.8) is 0 Å². The molecule has 3 heteroatoms. The van der Waals surface area contributed by atoms with Crippen molar-refractivity contribution in [3.05, 3.63) is 29.8 Å². The summed E-state index contributed by atoms with van der Waals surface area (Å²) in [5.41, 5.74) is 1.28. The van der Waals surface area contributed by atoms with Gasteiger partial charge in [-0.15, -0.1) is 0 Å². The van der Waals surface area contributed by atoms with E-state index in [4.69, 9.17) is 9.47 Å². The van der Waals surface area contributed by atoms with Crippen LogP contribution in [0.25, 0.3) is 0 Å². The first-order valence-electron chi connectivity index (χ1n) is 7.24. The normalized spacial score (nSPS) is 22.9. The van der Waals surface area contributed by atoms with Crippen LogP contribution < -0.4 is 10.1 Å². The fourth-order valence-corrected chi connectivity index (χ4v) is 2.22. The third kappa shape index (κ3) is 4.84. The van der Waals surface area contributed by atoms with Crippen molar-refractivity contribution in [2.75, 3.05) is 6.61 Å². The number of benzene rings is 1. The molecule has 0 amide bonds. The molecule has 0 aliphatic carbocycles. The maximum absolute atomic E-state index is 5.77. The summed E-state index contributed by atoms with van der Waals surface area (Å²) in [7, 11) is 0. The molecule has 1 aliphatic heterocycles. The zero-order chi connectivity index (χ0) is 13.7. The van der Waals surface area contributed by atoms with Gasteiger partial charge in [-0.1, -0.05) is 26.0 Å². The Morgan fingerprint density at radius 2 is 2.00 bits per heavy atom. The van der Waals surface area contributed by atoms with Crippen LogP contribution in [0.15, 0.2) is 24.3 Å². The molecular formula is C16H25NO2. The lowest BCUT2D eigenvalue weighted by atomic mass is 10.2. The van der Waals surface area contributed by atoms with Crippen LogP contribution in [0, 0.1) is 0 Å². The Morgan fingerprint density at radius 3 is 2.58 bits per heavy atom. The lowest BCUT2D eigenvalue weighted by Gasteiger charge is -2.13. The van der Waals surface area contributed by atoms with Gasteiger partial charge in [0.2, 0.25) is 0 Å². The van der Waals surface area contributed by atoms with Gasteiger partial charge in [-0.25, -0.2) is 0 Å². The summed E-state index contributed by atoms with van der Waals surface area (Å²) in [6, 6.07) is 8.81. The Hall–Kier alpha value is -1.06. The first-order chi connectivity index (χ1) is 9.13. The molecule has 1 saturated heterocycles. The molecule has 2 atom stereocenters. The average molecular weight is 263 g/mol. The summed E-state index contributed by atoms with van der Waals surface area (Å²) < 4.78 is 11.5. The molecule has 0 bridgehead atoms. The molecule has 0 radical (unpaired) electrons. The molecule has 3 nitrogen and oxygen atoms in total. The predicted octanol–water partition coefficient (Wildman–Crippen LogP) is 3.13. The highest BCUT2D eigenvalue weighted by atomic mass is 16.5. The van der Waals surface area contributed by atoms with Crippen LogP contribution in [0.4, 0.5) is 0 Å². The molecule has 1 aliphatic rings. The van der Waals surface area contributed by atoms with Crippen molar-refractivity contribution >= 4 is 0 Å². The lowest BCUT2D eigenvalue weighted by Crippen LogP contribution is -2.21. The molecular weight excluding hydrogens is 238 g/mol.